The second kappa shape index (κ2) is 3.44. The SMILES string of the molecule is NCc1ccnc2c(Br)cccc12. The lowest BCUT2D eigenvalue weighted by Gasteiger charge is -2.03. The minimum atomic E-state index is 0.551. The van der Waals surface area contributed by atoms with E-state index in [2.05, 4.69) is 20.9 Å². The molecule has 0 saturated carbocycles. The van der Waals surface area contributed by atoms with Crippen molar-refractivity contribution in [2.75, 3.05) is 0 Å². The van der Waals surface area contributed by atoms with E-state index in [-0.39, 0.29) is 0 Å². The molecule has 0 aliphatic carbocycles. The Morgan fingerprint density at radius 3 is 2.92 bits per heavy atom. The summed E-state index contributed by atoms with van der Waals surface area (Å²) in [4.78, 5) is 4.29. The minimum Gasteiger partial charge on any atom is -0.326 e. The standard InChI is InChI=1S/C10H9BrN2/c11-9-3-1-2-8-7(6-12)4-5-13-10(8)9/h1-5H,6,12H2. The highest BCUT2D eigenvalue weighted by atomic mass is 79.9. The van der Waals surface area contributed by atoms with Crippen molar-refractivity contribution in [3.05, 3.63) is 40.5 Å². The van der Waals surface area contributed by atoms with Crippen LogP contribution in [0.2, 0.25) is 0 Å². The van der Waals surface area contributed by atoms with Crippen LogP contribution in [0.15, 0.2) is 34.9 Å². The summed E-state index contributed by atoms with van der Waals surface area (Å²) >= 11 is 3.46. The smallest absolute Gasteiger partial charge is 0.0847 e. The van der Waals surface area contributed by atoms with E-state index in [0.717, 1.165) is 20.9 Å². The lowest BCUT2D eigenvalue weighted by molar-refractivity contribution is 1.08. The Morgan fingerprint density at radius 1 is 1.31 bits per heavy atom. The predicted molar refractivity (Wildman–Crippen MR) is 57.3 cm³/mol. The van der Waals surface area contributed by atoms with Gasteiger partial charge < -0.3 is 5.73 Å². The van der Waals surface area contributed by atoms with Gasteiger partial charge in [0.05, 0.1) is 5.52 Å². The summed E-state index contributed by atoms with van der Waals surface area (Å²) in [6, 6.07) is 7.97. The molecule has 2 nitrogen and oxygen atoms in total. The lowest BCUT2D eigenvalue weighted by atomic mass is 10.1. The van der Waals surface area contributed by atoms with E-state index in [1.165, 1.54) is 0 Å². The quantitative estimate of drug-likeness (QED) is 0.827. The van der Waals surface area contributed by atoms with Gasteiger partial charge in [0.1, 0.15) is 0 Å². The molecule has 0 unspecified atom stereocenters. The summed E-state index contributed by atoms with van der Waals surface area (Å²) in [5.74, 6) is 0. The number of pyridine rings is 1. The van der Waals surface area contributed by atoms with Crippen molar-refractivity contribution in [3.63, 3.8) is 0 Å². The molecule has 2 aromatic rings. The number of fused-ring (bicyclic) bond motifs is 1. The zero-order chi connectivity index (χ0) is 9.26. The van der Waals surface area contributed by atoms with Gasteiger partial charge in [-0.05, 0) is 33.6 Å². The highest BCUT2D eigenvalue weighted by molar-refractivity contribution is 9.10. The number of rotatable bonds is 1. The van der Waals surface area contributed by atoms with E-state index in [9.17, 15) is 0 Å². The second-order valence-corrected chi connectivity index (χ2v) is 3.66. The van der Waals surface area contributed by atoms with Crippen molar-refractivity contribution in [1.82, 2.24) is 4.98 Å². The maximum absolute atomic E-state index is 5.62. The second-order valence-electron chi connectivity index (χ2n) is 2.81. The highest BCUT2D eigenvalue weighted by Gasteiger charge is 2.02. The summed E-state index contributed by atoms with van der Waals surface area (Å²) in [5.41, 5.74) is 7.73. The van der Waals surface area contributed by atoms with Gasteiger partial charge >= 0.3 is 0 Å². The Balaban J connectivity index is 2.84. The molecule has 0 aliphatic heterocycles. The normalized spacial score (nSPS) is 10.6. The Labute approximate surface area is 84.9 Å². The van der Waals surface area contributed by atoms with E-state index in [1.807, 2.05) is 24.3 Å². The Hall–Kier alpha value is -0.930. The number of para-hydroxylation sites is 1. The van der Waals surface area contributed by atoms with Crippen molar-refractivity contribution >= 4 is 26.8 Å². The van der Waals surface area contributed by atoms with Gasteiger partial charge in [0.25, 0.3) is 0 Å². The zero-order valence-electron chi connectivity index (χ0n) is 7.00. The van der Waals surface area contributed by atoms with Crippen LogP contribution in [-0.4, -0.2) is 4.98 Å². The van der Waals surface area contributed by atoms with Crippen LogP contribution in [-0.2, 0) is 6.54 Å². The number of benzene rings is 1. The van der Waals surface area contributed by atoms with Crippen LogP contribution < -0.4 is 5.73 Å². The van der Waals surface area contributed by atoms with E-state index in [1.54, 1.807) is 6.20 Å². The first kappa shape index (κ1) is 8.66. The molecule has 0 amide bonds. The van der Waals surface area contributed by atoms with Crippen molar-refractivity contribution in [1.29, 1.82) is 0 Å². The summed E-state index contributed by atoms with van der Waals surface area (Å²) < 4.78 is 1.01. The molecule has 1 heterocycles. The van der Waals surface area contributed by atoms with Crippen LogP contribution in [0.3, 0.4) is 0 Å². The molecule has 0 spiro atoms. The Kier molecular flexibility index (Phi) is 2.29. The third kappa shape index (κ3) is 1.45. The average molecular weight is 237 g/mol. The molecule has 3 heteroatoms. The first-order valence-electron chi connectivity index (χ1n) is 4.05. The van der Waals surface area contributed by atoms with Crippen LogP contribution in [0.5, 0.6) is 0 Å². The molecule has 0 fully saturated rings. The first-order valence-corrected chi connectivity index (χ1v) is 4.84. The summed E-state index contributed by atoms with van der Waals surface area (Å²) in [5, 5.41) is 1.12. The molecular formula is C10H9BrN2. The monoisotopic (exact) mass is 236 g/mol. The largest absolute Gasteiger partial charge is 0.326 e. The minimum absolute atomic E-state index is 0.551. The van der Waals surface area contributed by atoms with E-state index in [0.29, 0.717) is 6.54 Å². The first-order chi connectivity index (χ1) is 6.33. The fraction of sp³-hybridized carbons (Fsp3) is 0.100. The van der Waals surface area contributed by atoms with Gasteiger partial charge in [0.2, 0.25) is 0 Å². The van der Waals surface area contributed by atoms with Gasteiger partial charge in [0, 0.05) is 22.6 Å². The molecular weight excluding hydrogens is 228 g/mol. The summed E-state index contributed by atoms with van der Waals surface area (Å²) in [6.07, 6.45) is 1.79. The summed E-state index contributed by atoms with van der Waals surface area (Å²) in [7, 11) is 0. The molecule has 13 heavy (non-hydrogen) atoms. The number of hydrogen-bond donors (Lipinski definition) is 1. The molecule has 0 radical (unpaired) electrons. The van der Waals surface area contributed by atoms with Crippen LogP contribution in [0.1, 0.15) is 5.56 Å². The third-order valence-corrected chi connectivity index (χ3v) is 2.67. The van der Waals surface area contributed by atoms with Gasteiger partial charge in [-0.2, -0.15) is 0 Å². The number of halogens is 1. The molecule has 0 bridgehead atoms. The van der Waals surface area contributed by atoms with Gasteiger partial charge in [-0.3, -0.25) is 4.98 Å². The number of nitrogens with two attached hydrogens (primary N) is 1. The fourth-order valence-electron chi connectivity index (χ4n) is 1.38. The van der Waals surface area contributed by atoms with Crippen molar-refractivity contribution in [2.24, 2.45) is 5.73 Å². The molecule has 66 valence electrons. The van der Waals surface area contributed by atoms with Crippen molar-refractivity contribution < 1.29 is 0 Å². The van der Waals surface area contributed by atoms with E-state index >= 15 is 0 Å². The van der Waals surface area contributed by atoms with E-state index < -0.39 is 0 Å². The van der Waals surface area contributed by atoms with Crippen LogP contribution in [0, 0.1) is 0 Å². The maximum Gasteiger partial charge on any atom is 0.0847 e. The topological polar surface area (TPSA) is 38.9 Å². The molecule has 0 atom stereocenters. The van der Waals surface area contributed by atoms with Crippen molar-refractivity contribution in [3.8, 4) is 0 Å². The molecule has 1 aromatic heterocycles. The van der Waals surface area contributed by atoms with Gasteiger partial charge in [-0.1, -0.05) is 12.1 Å². The number of nitrogens with zero attached hydrogens (tertiary/aromatic N) is 1. The number of hydrogen-bond acceptors (Lipinski definition) is 2. The predicted octanol–water partition coefficient (Wildman–Crippen LogP) is 2.46. The van der Waals surface area contributed by atoms with Crippen LogP contribution >= 0.6 is 15.9 Å². The Bertz CT molecular complexity index is 440. The van der Waals surface area contributed by atoms with Gasteiger partial charge in [-0.15, -0.1) is 0 Å². The molecule has 2 rings (SSSR count). The molecule has 2 N–H and O–H groups in total. The zero-order valence-corrected chi connectivity index (χ0v) is 8.58. The number of aromatic nitrogens is 1. The molecule has 1 aromatic carbocycles. The summed E-state index contributed by atoms with van der Waals surface area (Å²) in [6.45, 7) is 0.551. The van der Waals surface area contributed by atoms with E-state index in [4.69, 9.17) is 5.73 Å². The molecule has 0 saturated heterocycles. The van der Waals surface area contributed by atoms with Gasteiger partial charge in [-0.25, -0.2) is 0 Å². The van der Waals surface area contributed by atoms with Crippen LogP contribution in [0.25, 0.3) is 10.9 Å². The molecule has 0 aliphatic rings. The van der Waals surface area contributed by atoms with Crippen molar-refractivity contribution in [2.45, 2.75) is 6.54 Å². The third-order valence-electron chi connectivity index (χ3n) is 2.03. The van der Waals surface area contributed by atoms with Gasteiger partial charge in [0.15, 0.2) is 0 Å². The lowest BCUT2D eigenvalue weighted by Crippen LogP contribution is -1.97. The van der Waals surface area contributed by atoms with Crippen LogP contribution in [0.4, 0.5) is 0 Å². The fourth-order valence-corrected chi connectivity index (χ4v) is 1.84. The maximum atomic E-state index is 5.62. The Morgan fingerprint density at radius 2 is 2.15 bits per heavy atom. The highest BCUT2D eigenvalue weighted by Crippen LogP contribution is 2.23. The average Bonchev–Trinajstić information content (AvgIpc) is 2.18.